The molecule has 1 aromatic rings. The molecule has 2 amide bonds. The number of anilines is 2. The third kappa shape index (κ3) is 8.30. The maximum atomic E-state index is 11.7. The third-order valence-electron chi connectivity index (χ3n) is 3.16. The van der Waals surface area contributed by atoms with Crippen molar-refractivity contribution in [1.29, 1.82) is 0 Å². The molecule has 1 rings (SSSR count). The van der Waals surface area contributed by atoms with Crippen molar-refractivity contribution in [2.24, 2.45) is 0 Å². The van der Waals surface area contributed by atoms with Crippen LogP contribution in [0.4, 0.5) is 11.4 Å². The fourth-order valence-electron chi connectivity index (χ4n) is 1.97. The molecule has 0 bridgehead atoms. The van der Waals surface area contributed by atoms with E-state index < -0.39 is 0 Å². The summed E-state index contributed by atoms with van der Waals surface area (Å²) in [6, 6.07) is 7.19. The number of nitrogens with one attached hydrogen (secondary N) is 3. The number of amides is 2. The Labute approximate surface area is 143 Å². The fraction of sp³-hybridized carbons (Fsp3) is 0.471. The average Bonchev–Trinajstić information content (AvgIpc) is 2.49. The molecule has 0 heterocycles. The third-order valence-corrected chi connectivity index (χ3v) is 3.37. The quantitative estimate of drug-likeness (QED) is 0.499. The predicted molar refractivity (Wildman–Crippen MR) is 98.5 cm³/mol. The van der Waals surface area contributed by atoms with Crippen LogP contribution in [0.25, 0.3) is 0 Å². The first kappa shape index (κ1) is 19.1. The van der Waals surface area contributed by atoms with Crippen LogP contribution in [-0.2, 0) is 9.59 Å². The number of hydrogen-bond acceptors (Lipinski definition) is 3. The van der Waals surface area contributed by atoms with Crippen LogP contribution in [0.1, 0.15) is 52.4 Å². The van der Waals surface area contributed by atoms with Crippen LogP contribution in [0, 0.1) is 0 Å². The molecule has 6 heteroatoms. The highest BCUT2D eigenvalue weighted by Crippen LogP contribution is 2.14. The molecule has 5 nitrogen and oxygen atoms in total. The molecule has 0 radical (unpaired) electrons. The molecular weight excluding hydrogens is 310 g/mol. The topological polar surface area (TPSA) is 70.2 Å². The summed E-state index contributed by atoms with van der Waals surface area (Å²) >= 11 is 5.12. The van der Waals surface area contributed by atoms with Crippen molar-refractivity contribution in [2.45, 2.75) is 52.4 Å². The van der Waals surface area contributed by atoms with Gasteiger partial charge in [-0.05, 0) is 49.3 Å². The lowest BCUT2D eigenvalue weighted by Gasteiger charge is -2.10. The Kier molecular flexibility index (Phi) is 8.90. The number of benzene rings is 1. The van der Waals surface area contributed by atoms with Gasteiger partial charge in [0.15, 0.2) is 5.11 Å². The van der Waals surface area contributed by atoms with Crippen molar-refractivity contribution in [2.75, 3.05) is 10.6 Å². The monoisotopic (exact) mass is 335 g/mol. The van der Waals surface area contributed by atoms with E-state index in [9.17, 15) is 9.59 Å². The highest BCUT2D eigenvalue weighted by molar-refractivity contribution is 7.80. The molecule has 126 valence electrons. The molecule has 1 aromatic carbocycles. The Bertz CT molecular complexity index is 529. The zero-order valence-electron chi connectivity index (χ0n) is 13.8. The second-order valence-electron chi connectivity index (χ2n) is 5.33. The first-order valence-corrected chi connectivity index (χ1v) is 8.46. The number of thiocarbonyl (C=S) groups is 1. The van der Waals surface area contributed by atoms with Crippen LogP contribution in [-0.4, -0.2) is 16.9 Å². The molecule has 0 aliphatic rings. The number of unbranched alkanes of at least 4 members (excludes halogenated alkanes) is 2. The zero-order valence-corrected chi connectivity index (χ0v) is 14.6. The molecule has 0 spiro atoms. The van der Waals surface area contributed by atoms with E-state index in [2.05, 4.69) is 22.9 Å². The van der Waals surface area contributed by atoms with Gasteiger partial charge >= 0.3 is 0 Å². The maximum absolute atomic E-state index is 11.7. The van der Waals surface area contributed by atoms with E-state index >= 15 is 0 Å². The molecule has 23 heavy (non-hydrogen) atoms. The van der Waals surface area contributed by atoms with Gasteiger partial charge in [0, 0.05) is 24.2 Å². The number of carbonyl (C=O) groups is 2. The summed E-state index contributed by atoms with van der Waals surface area (Å²) in [5.74, 6) is -0.0672. The van der Waals surface area contributed by atoms with Crippen molar-refractivity contribution in [3.05, 3.63) is 24.3 Å². The summed E-state index contributed by atoms with van der Waals surface area (Å²) in [6.45, 7) is 4.06. The minimum absolute atomic E-state index is 0.00285. The lowest BCUT2D eigenvalue weighted by molar-refractivity contribution is -0.119. The smallest absolute Gasteiger partial charge is 0.226 e. The van der Waals surface area contributed by atoms with Crippen LogP contribution < -0.4 is 16.0 Å². The van der Waals surface area contributed by atoms with E-state index in [1.54, 1.807) is 24.3 Å². The van der Waals surface area contributed by atoms with Crippen molar-refractivity contribution in [1.82, 2.24) is 5.32 Å². The number of rotatable bonds is 8. The van der Waals surface area contributed by atoms with Gasteiger partial charge in [-0.15, -0.1) is 0 Å². The van der Waals surface area contributed by atoms with Crippen LogP contribution >= 0.6 is 12.2 Å². The van der Waals surface area contributed by atoms with Crippen LogP contribution in [0.3, 0.4) is 0 Å². The first-order chi connectivity index (χ1) is 11.0. The van der Waals surface area contributed by atoms with Gasteiger partial charge in [0.25, 0.3) is 0 Å². The Balaban J connectivity index is 2.40. The Morgan fingerprint density at radius 2 is 1.48 bits per heavy atom. The molecule has 3 N–H and O–H groups in total. The molecule has 0 aliphatic carbocycles. The van der Waals surface area contributed by atoms with E-state index in [0.717, 1.165) is 37.1 Å². The molecular formula is C17H25N3O2S. The summed E-state index contributed by atoms with van der Waals surface area (Å²) in [5.41, 5.74) is 1.50. The second kappa shape index (κ2) is 10.7. The van der Waals surface area contributed by atoms with Gasteiger partial charge in [0.2, 0.25) is 11.8 Å². The molecule has 0 aromatic heterocycles. The minimum atomic E-state index is -0.0700. The van der Waals surface area contributed by atoms with E-state index in [0.29, 0.717) is 12.8 Å². The minimum Gasteiger partial charge on any atom is -0.332 e. The summed E-state index contributed by atoms with van der Waals surface area (Å²) in [5, 5.41) is 8.72. The normalized spacial score (nSPS) is 10.0. The number of hydrogen-bond donors (Lipinski definition) is 3. The molecule has 0 atom stereocenters. The van der Waals surface area contributed by atoms with E-state index in [1.165, 1.54) is 0 Å². The van der Waals surface area contributed by atoms with E-state index in [-0.39, 0.29) is 16.9 Å². The highest BCUT2D eigenvalue weighted by atomic mass is 32.1. The van der Waals surface area contributed by atoms with Gasteiger partial charge in [-0.2, -0.15) is 0 Å². The van der Waals surface area contributed by atoms with Gasteiger partial charge in [-0.25, -0.2) is 0 Å². The molecule has 0 fully saturated rings. The van der Waals surface area contributed by atoms with Crippen LogP contribution in [0.5, 0.6) is 0 Å². The van der Waals surface area contributed by atoms with Gasteiger partial charge in [0.1, 0.15) is 0 Å². The van der Waals surface area contributed by atoms with Crippen molar-refractivity contribution < 1.29 is 9.59 Å². The molecule has 0 aliphatic heterocycles. The number of carbonyl (C=O) groups excluding carboxylic acids is 2. The summed E-state index contributed by atoms with van der Waals surface area (Å²) in [6.07, 6.45) is 4.80. The SMILES string of the molecule is CCCCCC(=O)NC(=S)Nc1ccc(NC(=O)CCC)cc1. The van der Waals surface area contributed by atoms with Gasteiger partial charge in [0.05, 0.1) is 0 Å². The average molecular weight is 335 g/mol. The lowest BCUT2D eigenvalue weighted by Crippen LogP contribution is -2.33. The van der Waals surface area contributed by atoms with Crippen molar-refractivity contribution in [3.63, 3.8) is 0 Å². The Hall–Kier alpha value is -1.95. The summed E-state index contributed by atoms with van der Waals surface area (Å²) in [4.78, 5) is 23.2. The maximum Gasteiger partial charge on any atom is 0.226 e. The predicted octanol–water partition coefficient (Wildman–Crippen LogP) is 3.82. The van der Waals surface area contributed by atoms with Crippen molar-refractivity contribution in [3.8, 4) is 0 Å². The first-order valence-electron chi connectivity index (χ1n) is 8.06. The molecule has 0 saturated heterocycles. The highest BCUT2D eigenvalue weighted by Gasteiger charge is 2.05. The summed E-state index contributed by atoms with van der Waals surface area (Å²) < 4.78 is 0. The summed E-state index contributed by atoms with van der Waals surface area (Å²) in [7, 11) is 0. The van der Waals surface area contributed by atoms with Gasteiger partial charge < -0.3 is 16.0 Å². The molecule has 0 saturated carbocycles. The Morgan fingerprint density at radius 1 is 0.870 bits per heavy atom. The molecule has 0 unspecified atom stereocenters. The fourth-order valence-corrected chi connectivity index (χ4v) is 2.21. The van der Waals surface area contributed by atoms with Gasteiger partial charge in [-0.1, -0.05) is 26.7 Å². The standard InChI is InChI=1S/C17H25N3O2S/c1-3-5-6-8-16(22)20-17(23)19-14-11-9-13(10-12-14)18-15(21)7-4-2/h9-12H,3-8H2,1-2H3,(H,18,21)(H2,19,20,22,23). The van der Waals surface area contributed by atoms with Crippen LogP contribution in [0.2, 0.25) is 0 Å². The Morgan fingerprint density at radius 3 is 2.04 bits per heavy atom. The lowest BCUT2D eigenvalue weighted by atomic mass is 10.2. The van der Waals surface area contributed by atoms with E-state index in [4.69, 9.17) is 12.2 Å². The largest absolute Gasteiger partial charge is 0.332 e. The van der Waals surface area contributed by atoms with Gasteiger partial charge in [-0.3, -0.25) is 9.59 Å². The van der Waals surface area contributed by atoms with Crippen molar-refractivity contribution >= 4 is 40.5 Å². The zero-order chi connectivity index (χ0) is 17.1. The second-order valence-corrected chi connectivity index (χ2v) is 5.74. The van der Waals surface area contributed by atoms with E-state index in [1.807, 2.05) is 6.92 Å². The van der Waals surface area contributed by atoms with Crippen LogP contribution in [0.15, 0.2) is 24.3 Å².